The predicted molar refractivity (Wildman–Crippen MR) is 102 cm³/mol. The number of aromatic amines is 1. The number of nitrogens with zero attached hydrogens (tertiary/aromatic N) is 6. The van der Waals surface area contributed by atoms with Crippen molar-refractivity contribution in [3.05, 3.63) is 51.2 Å². The molecule has 26 heavy (non-hydrogen) atoms. The smallest absolute Gasteiger partial charge is 0.282 e. The minimum atomic E-state index is -0.255. The molecule has 1 saturated heterocycles. The lowest BCUT2D eigenvalue weighted by Crippen LogP contribution is -2.21. The fourth-order valence-electron chi connectivity index (χ4n) is 3.51. The number of hydrogen-bond donors (Lipinski definition) is 1. The third-order valence-electron chi connectivity index (χ3n) is 4.72. The van der Waals surface area contributed by atoms with Crippen molar-refractivity contribution in [3.63, 3.8) is 0 Å². The van der Waals surface area contributed by atoms with Crippen LogP contribution in [-0.4, -0.2) is 42.2 Å². The molecule has 0 aliphatic carbocycles. The van der Waals surface area contributed by atoms with Gasteiger partial charge in [0.1, 0.15) is 12.4 Å². The molecule has 1 aromatic carbocycles. The zero-order valence-electron chi connectivity index (χ0n) is 13.9. The number of nitrogens with one attached hydrogen (secondary N) is 1. The highest BCUT2D eigenvalue weighted by Gasteiger charge is 2.23. The van der Waals surface area contributed by atoms with E-state index in [2.05, 4.69) is 35.8 Å². The number of imidazole rings is 1. The molecular weight excluding hydrogens is 398 g/mol. The minimum Gasteiger partial charge on any atom is -0.347 e. The summed E-state index contributed by atoms with van der Waals surface area (Å²) in [5.74, 6) is 2.13. The maximum absolute atomic E-state index is 12.6. The summed E-state index contributed by atoms with van der Waals surface area (Å²) in [6, 6.07) is 5.69. The highest BCUT2D eigenvalue weighted by Crippen LogP contribution is 2.25. The van der Waals surface area contributed by atoms with Crippen molar-refractivity contribution >= 4 is 38.6 Å². The summed E-state index contributed by atoms with van der Waals surface area (Å²) < 4.78 is 4.59. The molecule has 8 nitrogen and oxygen atoms in total. The molecule has 1 aliphatic rings. The van der Waals surface area contributed by atoms with Crippen LogP contribution in [0.15, 0.2) is 39.9 Å². The summed E-state index contributed by atoms with van der Waals surface area (Å²) >= 11 is 3.44. The Balaban J connectivity index is 1.82. The van der Waals surface area contributed by atoms with Gasteiger partial charge in [0.15, 0.2) is 0 Å². The molecule has 4 heterocycles. The van der Waals surface area contributed by atoms with Crippen molar-refractivity contribution in [1.82, 2.24) is 29.1 Å². The molecule has 1 N–H and O–H groups in total. The van der Waals surface area contributed by atoms with Gasteiger partial charge in [-0.2, -0.15) is 4.98 Å². The molecule has 0 radical (unpaired) electrons. The second kappa shape index (κ2) is 5.94. The first-order chi connectivity index (χ1) is 12.7. The first-order valence-corrected chi connectivity index (χ1v) is 9.32. The van der Waals surface area contributed by atoms with E-state index in [9.17, 15) is 4.79 Å². The standard InChI is InChI=1S/C17H16BrN7O/c18-11-3-4-13-12(9-11)15(26)21-16-24(10-14-19-5-6-20-14)22-17(25(13)16)23-7-1-2-8-23/h3-6,9H,1-2,7-8,10H2,(H,19,20). The Labute approximate surface area is 156 Å². The summed E-state index contributed by atoms with van der Waals surface area (Å²) in [6.07, 6.45) is 5.76. The van der Waals surface area contributed by atoms with Gasteiger partial charge in [-0.05, 0) is 31.0 Å². The van der Waals surface area contributed by atoms with Gasteiger partial charge in [-0.3, -0.25) is 4.79 Å². The van der Waals surface area contributed by atoms with Crippen molar-refractivity contribution in [2.45, 2.75) is 19.4 Å². The maximum atomic E-state index is 12.6. The molecule has 1 fully saturated rings. The lowest BCUT2D eigenvalue weighted by molar-refractivity contribution is 0.672. The number of fused-ring (bicyclic) bond motifs is 3. The molecule has 132 valence electrons. The van der Waals surface area contributed by atoms with Crippen molar-refractivity contribution in [3.8, 4) is 0 Å². The summed E-state index contributed by atoms with van der Waals surface area (Å²) in [5.41, 5.74) is 0.561. The van der Waals surface area contributed by atoms with Crippen LogP contribution < -0.4 is 10.5 Å². The van der Waals surface area contributed by atoms with Crippen LogP contribution in [0.4, 0.5) is 5.95 Å². The Kier molecular flexibility index (Phi) is 3.56. The second-order valence-electron chi connectivity index (χ2n) is 6.40. The molecule has 9 heteroatoms. The van der Waals surface area contributed by atoms with Gasteiger partial charge in [-0.1, -0.05) is 15.9 Å². The summed E-state index contributed by atoms with van der Waals surface area (Å²) in [5, 5.41) is 5.37. The zero-order chi connectivity index (χ0) is 17.7. The van der Waals surface area contributed by atoms with E-state index in [1.54, 1.807) is 17.1 Å². The van der Waals surface area contributed by atoms with E-state index in [0.717, 1.165) is 47.7 Å². The van der Waals surface area contributed by atoms with Gasteiger partial charge >= 0.3 is 0 Å². The molecule has 1 aliphatic heterocycles. The van der Waals surface area contributed by atoms with E-state index < -0.39 is 0 Å². The molecule has 0 spiro atoms. The van der Waals surface area contributed by atoms with E-state index in [0.29, 0.717) is 17.7 Å². The topological polar surface area (TPSA) is 84.1 Å². The van der Waals surface area contributed by atoms with E-state index in [-0.39, 0.29) is 5.56 Å². The number of benzene rings is 1. The molecule has 4 aromatic rings. The Hall–Kier alpha value is -2.68. The van der Waals surface area contributed by atoms with E-state index >= 15 is 0 Å². The van der Waals surface area contributed by atoms with Gasteiger partial charge in [0.2, 0.25) is 11.7 Å². The highest BCUT2D eigenvalue weighted by molar-refractivity contribution is 9.10. The molecule has 0 bridgehead atoms. The van der Waals surface area contributed by atoms with Gasteiger partial charge in [0.25, 0.3) is 5.56 Å². The summed E-state index contributed by atoms with van der Waals surface area (Å²) in [7, 11) is 0. The first kappa shape index (κ1) is 15.6. The van der Waals surface area contributed by atoms with E-state index in [1.165, 1.54) is 0 Å². The van der Waals surface area contributed by atoms with Crippen molar-refractivity contribution in [2.75, 3.05) is 18.0 Å². The lowest BCUT2D eigenvalue weighted by atomic mass is 10.2. The number of hydrogen-bond acceptors (Lipinski definition) is 5. The lowest BCUT2D eigenvalue weighted by Gasteiger charge is -2.15. The van der Waals surface area contributed by atoms with Crippen LogP contribution in [0.1, 0.15) is 18.7 Å². The largest absolute Gasteiger partial charge is 0.347 e. The van der Waals surface area contributed by atoms with Crippen LogP contribution in [0.5, 0.6) is 0 Å². The van der Waals surface area contributed by atoms with Gasteiger partial charge in [0.05, 0.1) is 10.9 Å². The molecule has 3 aromatic heterocycles. The average Bonchev–Trinajstić information content (AvgIpc) is 3.37. The Bertz CT molecular complexity index is 1160. The zero-order valence-corrected chi connectivity index (χ0v) is 15.5. The maximum Gasteiger partial charge on any atom is 0.282 e. The van der Waals surface area contributed by atoms with Gasteiger partial charge in [0, 0.05) is 30.0 Å². The average molecular weight is 414 g/mol. The third kappa shape index (κ3) is 2.42. The van der Waals surface area contributed by atoms with E-state index in [1.807, 2.05) is 22.6 Å². The fraction of sp³-hybridized carbons (Fsp3) is 0.294. The summed E-state index contributed by atoms with van der Waals surface area (Å²) in [6.45, 7) is 2.34. The van der Waals surface area contributed by atoms with Crippen molar-refractivity contribution < 1.29 is 0 Å². The number of aromatic nitrogens is 6. The first-order valence-electron chi connectivity index (χ1n) is 8.53. The molecular formula is C17H16BrN7O. The van der Waals surface area contributed by atoms with Gasteiger partial charge in [-0.25, -0.2) is 14.1 Å². The van der Waals surface area contributed by atoms with Crippen molar-refractivity contribution in [2.24, 2.45) is 0 Å². The van der Waals surface area contributed by atoms with Crippen LogP contribution in [0.2, 0.25) is 0 Å². The second-order valence-corrected chi connectivity index (χ2v) is 7.32. The van der Waals surface area contributed by atoms with Crippen molar-refractivity contribution in [1.29, 1.82) is 0 Å². The number of halogens is 1. The van der Waals surface area contributed by atoms with Gasteiger partial charge < -0.3 is 9.88 Å². The number of H-pyrrole nitrogens is 1. The summed E-state index contributed by atoms with van der Waals surface area (Å²) in [4.78, 5) is 26.5. The van der Waals surface area contributed by atoms with Crippen LogP contribution in [0.3, 0.4) is 0 Å². The van der Waals surface area contributed by atoms with Crippen LogP contribution in [-0.2, 0) is 6.54 Å². The fourth-order valence-corrected chi connectivity index (χ4v) is 3.87. The highest BCUT2D eigenvalue weighted by atomic mass is 79.9. The number of rotatable bonds is 3. The molecule has 0 atom stereocenters. The monoisotopic (exact) mass is 413 g/mol. The Morgan fingerprint density at radius 2 is 2.08 bits per heavy atom. The SMILES string of the molecule is O=c1nc2n(Cc3ncc[nH]3)nc(N3CCCC3)n2c2ccc(Br)cc12. The molecule has 5 rings (SSSR count). The quantitative estimate of drug-likeness (QED) is 0.556. The predicted octanol–water partition coefficient (Wildman–Crippen LogP) is 2.18. The minimum absolute atomic E-state index is 0.255. The van der Waals surface area contributed by atoms with E-state index in [4.69, 9.17) is 5.10 Å². The Morgan fingerprint density at radius 3 is 2.85 bits per heavy atom. The van der Waals surface area contributed by atoms with Crippen LogP contribution >= 0.6 is 15.9 Å². The molecule has 0 amide bonds. The number of anilines is 1. The Morgan fingerprint density at radius 1 is 1.23 bits per heavy atom. The van der Waals surface area contributed by atoms with Gasteiger partial charge in [-0.15, -0.1) is 5.10 Å². The van der Waals surface area contributed by atoms with Crippen LogP contribution in [0, 0.1) is 0 Å². The molecule has 0 unspecified atom stereocenters. The van der Waals surface area contributed by atoms with Crippen LogP contribution in [0.25, 0.3) is 16.7 Å². The normalized spacial score (nSPS) is 14.7. The third-order valence-corrected chi connectivity index (χ3v) is 5.21. The molecule has 0 saturated carbocycles.